The lowest BCUT2D eigenvalue weighted by atomic mass is 9.95. The van der Waals surface area contributed by atoms with Crippen LogP contribution in [-0.4, -0.2) is 24.2 Å². The van der Waals surface area contributed by atoms with E-state index in [2.05, 4.69) is 19.2 Å². The molecule has 0 fully saturated rings. The lowest BCUT2D eigenvalue weighted by molar-refractivity contribution is 0.147. The van der Waals surface area contributed by atoms with Crippen molar-refractivity contribution in [2.24, 2.45) is 0 Å². The van der Waals surface area contributed by atoms with E-state index in [0.29, 0.717) is 12.1 Å². The minimum Gasteiger partial charge on any atom is -0.490 e. The highest BCUT2D eigenvalue weighted by molar-refractivity contribution is 7.99. The van der Waals surface area contributed by atoms with E-state index < -0.39 is 0 Å². The maximum Gasteiger partial charge on any atom is 0.124 e. The first-order valence-corrected chi connectivity index (χ1v) is 9.05. The van der Waals surface area contributed by atoms with Crippen molar-refractivity contribution in [1.82, 2.24) is 5.32 Å². The van der Waals surface area contributed by atoms with Gasteiger partial charge in [0.25, 0.3) is 0 Å². The molecule has 0 amide bonds. The van der Waals surface area contributed by atoms with E-state index in [1.165, 1.54) is 17.1 Å². The number of ether oxygens (including phenoxy) is 1. The smallest absolute Gasteiger partial charge is 0.124 e. The molecule has 2 rings (SSSR count). The van der Waals surface area contributed by atoms with Crippen molar-refractivity contribution < 1.29 is 4.74 Å². The Morgan fingerprint density at radius 3 is 3.00 bits per heavy atom. The molecule has 0 spiro atoms. The molecule has 4 heteroatoms. The summed E-state index contributed by atoms with van der Waals surface area (Å²) < 4.78 is 6.13. The molecule has 0 saturated heterocycles. The Bertz CT molecular complexity index is 427. The molecule has 2 unspecified atom stereocenters. The van der Waals surface area contributed by atoms with Crippen LogP contribution in [-0.2, 0) is 0 Å². The fourth-order valence-corrected chi connectivity index (χ4v) is 3.46. The molecule has 0 aliphatic carbocycles. The molecule has 0 radical (unpaired) electrons. The number of nitrogens with one attached hydrogen (secondary N) is 1. The van der Waals surface area contributed by atoms with E-state index in [4.69, 9.17) is 16.3 Å². The number of fused-ring (bicyclic) bond motifs is 1. The number of halogens is 1. The summed E-state index contributed by atoms with van der Waals surface area (Å²) in [7, 11) is 0. The average Bonchev–Trinajstić information content (AvgIpc) is 2.45. The number of rotatable bonds is 7. The van der Waals surface area contributed by atoms with Gasteiger partial charge in [-0.05, 0) is 49.1 Å². The third-order valence-electron chi connectivity index (χ3n) is 3.57. The first-order chi connectivity index (χ1) is 9.74. The van der Waals surface area contributed by atoms with Crippen molar-refractivity contribution >= 4 is 23.4 Å². The van der Waals surface area contributed by atoms with Crippen molar-refractivity contribution in [3.8, 4) is 5.75 Å². The SMILES string of the molecule is CCCNC1CC(CCSCC)Oc2ccc(Cl)cc21. The molecule has 0 saturated carbocycles. The number of hydrogen-bond donors (Lipinski definition) is 1. The summed E-state index contributed by atoms with van der Waals surface area (Å²) >= 11 is 8.11. The first-order valence-electron chi connectivity index (χ1n) is 7.51. The van der Waals surface area contributed by atoms with Gasteiger partial charge in [-0.15, -0.1) is 0 Å². The summed E-state index contributed by atoms with van der Waals surface area (Å²) in [5, 5.41) is 4.42. The molecule has 1 aliphatic rings. The van der Waals surface area contributed by atoms with Crippen LogP contribution in [0.25, 0.3) is 0 Å². The highest BCUT2D eigenvalue weighted by atomic mass is 35.5. The summed E-state index contributed by atoms with van der Waals surface area (Å²) in [5.74, 6) is 3.35. The number of hydrogen-bond acceptors (Lipinski definition) is 3. The molecule has 1 aliphatic heterocycles. The minimum absolute atomic E-state index is 0.317. The normalized spacial score (nSPS) is 21.4. The van der Waals surface area contributed by atoms with Crippen LogP contribution in [0.4, 0.5) is 0 Å². The van der Waals surface area contributed by atoms with Gasteiger partial charge >= 0.3 is 0 Å². The third kappa shape index (κ3) is 4.31. The van der Waals surface area contributed by atoms with Crippen molar-refractivity contribution in [3.05, 3.63) is 28.8 Å². The Kier molecular flexibility index (Phi) is 6.53. The molecule has 0 bridgehead atoms. The fraction of sp³-hybridized carbons (Fsp3) is 0.625. The van der Waals surface area contributed by atoms with Gasteiger partial charge in [0.05, 0.1) is 0 Å². The number of thioether (sulfide) groups is 1. The van der Waals surface area contributed by atoms with E-state index in [0.717, 1.165) is 36.6 Å². The van der Waals surface area contributed by atoms with Crippen LogP contribution in [0.1, 0.15) is 44.7 Å². The highest BCUT2D eigenvalue weighted by Gasteiger charge is 2.27. The van der Waals surface area contributed by atoms with Crippen molar-refractivity contribution in [1.29, 1.82) is 0 Å². The van der Waals surface area contributed by atoms with E-state index in [-0.39, 0.29) is 0 Å². The van der Waals surface area contributed by atoms with Gasteiger partial charge in [0.15, 0.2) is 0 Å². The van der Waals surface area contributed by atoms with Gasteiger partial charge in [0.1, 0.15) is 11.9 Å². The van der Waals surface area contributed by atoms with Crippen LogP contribution in [0.2, 0.25) is 5.02 Å². The molecule has 1 aromatic carbocycles. The Hall–Kier alpha value is -0.380. The Balaban J connectivity index is 2.07. The average molecular weight is 314 g/mol. The molecule has 1 aromatic rings. The molecule has 2 atom stereocenters. The van der Waals surface area contributed by atoms with Gasteiger partial charge < -0.3 is 10.1 Å². The number of benzene rings is 1. The van der Waals surface area contributed by atoms with Gasteiger partial charge in [-0.2, -0.15) is 11.8 Å². The lowest BCUT2D eigenvalue weighted by Crippen LogP contribution is -2.33. The van der Waals surface area contributed by atoms with Crippen molar-refractivity contribution in [2.45, 2.75) is 45.3 Å². The van der Waals surface area contributed by atoms with Crippen LogP contribution in [0.5, 0.6) is 5.75 Å². The van der Waals surface area contributed by atoms with E-state index >= 15 is 0 Å². The van der Waals surface area contributed by atoms with E-state index in [1.807, 2.05) is 30.0 Å². The van der Waals surface area contributed by atoms with Crippen LogP contribution in [0.15, 0.2) is 18.2 Å². The summed E-state index contributed by atoms with van der Waals surface area (Å²) in [5.41, 5.74) is 1.21. The summed E-state index contributed by atoms with van der Waals surface area (Å²) in [4.78, 5) is 0. The maximum absolute atomic E-state index is 6.13. The molecule has 1 heterocycles. The zero-order chi connectivity index (χ0) is 14.4. The van der Waals surface area contributed by atoms with E-state index in [1.54, 1.807) is 0 Å². The van der Waals surface area contributed by atoms with Gasteiger partial charge in [-0.25, -0.2) is 0 Å². The highest BCUT2D eigenvalue weighted by Crippen LogP contribution is 2.37. The van der Waals surface area contributed by atoms with Crippen LogP contribution < -0.4 is 10.1 Å². The second-order valence-electron chi connectivity index (χ2n) is 5.15. The zero-order valence-electron chi connectivity index (χ0n) is 12.3. The van der Waals surface area contributed by atoms with Crippen LogP contribution in [0, 0.1) is 0 Å². The summed E-state index contributed by atoms with van der Waals surface area (Å²) in [6.45, 7) is 5.43. The second kappa shape index (κ2) is 8.16. The minimum atomic E-state index is 0.317. The van der Waals surface area contributed by atoms with Crippen molar-refractivity contribution in [2.75, 3.05) is 18.1 Å². The van der Waals surface area contributed by atoms with Gasteiger partial charge in [0, 0.05) is 23.0 Å². The molecule has 0 aromatic heterocycles. The van der Waals surface area contributed by atoms with Gasteiger partial charge in [0.2, 0.25) is 0 Å². The maximum atomic E-state index is 6.13. The van der Waals surface area contributed by atoms with Crippen LogP contribution >= 0.6 is 23.4 Å². The molecule has 2 nitrogen and oxygen atoms in total. The Labute approximate surface area is 131 Å². The van der Waals surface area contributed by atoms with Gasteiger partial charge in [-0.1, -0.05) is 25.4 Å². The summed E-state index contributed by atoms with van der Waals surface area (Å²) in [6.07, 6.45) is 3.61. The quantitative estimate of drug-likeness (QED) is 0.739. The molecular formula is C16H24ClNOS. The van der Waals surface area contributed by atoms with Gasteiger partial charge in [-0.3, -0.25) is 0 Å². The molecule has 1 N–H and O–H groups in total. The second-order valence-corrected chi connectivity index (χ2v) is 6.98. The largest absolute Gasteiger partial charge is 0.490 e. The fourth-order valence-electron chi connectivity index (χ4n) is 2.56. The molecular weight excluding hydrogens is 290 g/mol. The summed E-state index contributed by atoms with van der Waals surface area (Å²) in [6, 6.07) is 6.34. The van der Waals surface area contributed by atoms with Crippen molar-refractivity contribution in [3.63, 3.8) is 0 Å². The molecule has 20 heavy (non-hydrogen) atoms. The third-order valence-corrected chi connectivity index (χ3v) is 4.74. The zero-order valence-corrected chi connectivity index (χ0v) is 13.9. The predicted octanol–water partition coefficient (Wildman–Crippen LogP) is 4.68. The Morgan fingerprint density at radius 1 is 1.40 bits per heavy atom. The topological polar surface area (TPSA) is 21.3 Å². The standard InChI is InChI=1S/C16H24ClNOS/c1-3-8-18-15-11-13(7-9-20-4-2)19-16-6-5-12(17)10-14(15)16/h5-6,10,13,15,18H,3-4,7-9,11H2,1-2H3. The lowest BCUT2D eigenvalue weighted by Gasteiger charge is -2.33. The first kappa shape index (κ1) is 16.0. The predicted molar refractivity (Wildman–Crippen MR) is 89.1 cm³/mol. The van der Waals surface area contributed by atoms with Crippen LogP contribution in [0.3, 0.4) is 0 Å². The van der Waals surface area contributed by atoms with E-state index in [9.17, 15) is 0 Å². The monoisotopic (exact) mass is 313 g/mol. The molecule has 112 valence electrons. The Morgan fingerprint density at radius 2 is 2.25 bits per heavy atom.